The zero-order valence-electron chi connectivity index (χ0n) is 11.8. The lowest BCUT2D eigenvalue weighted by molar-refractivity contribution is -0.140. The molecule has 2 rings (SSSR count). The molecule has 2 unspecified atom stereocenters. The summed E-state index contributed by atoms with van der Waals surface area (Å²) in [4.78, 5) is 15.0. The summed E-state index contributed by atoms with van der Waals surface area (Å²) in [6.07, 6.45) is 8.42. The molecule has 1 saturated heterocycles. The van der Waals surface area contributed by atoms with Crippen molar-refractivity contribution >= 4 is 21.8 Å². The van der Waals surface area contributed by atoms with Gasteiger partial charge in [-0.2, -0.15) is 0 Å². The fourth-order valence-electron chi connectivity index (χ4n) is 3.61. The zero-order valence-corrected chi connectivity index (χ0v) is 13.3. The van der Waals surface area contributed by atoms with E-state index in [0.717, 1.165) is 18.3 Å². The van der Waals surface area contributed by atoms with Crippen molar-refractivity contribution in [2.45, 2.75) is 64.8 Å². The molecular weight excluding hydrogens is 290 g/mol. The Kier molecular flexibility index (Phi) is 4.74. The molecule has 0 bridgehead atoms. The molecule has 0 N–H and O–H groups in total. The Morgan fingerprint density at radius 2 is 2.00 bits per heavy atom. The van der Waals surface area contributed by atoms with Crippen molar-refractivity contribution in [2.75, 3.05) is 11.9 Å². The van der Waals surface area contributed by atoms with E-state index in [1.54, 1.807) is 0 Å². The van der Waals surface area contributed by atoms with E-state index in [2.05, 4.69) is 34.7 Å². The summed E-state index contributed by atoms with van der Waals surface area (Å²) in [5, 5.41) is 0.936. The molecule has 2 atom stereocenters. The molecule has 3 heteroatoms. The molecular formula is C15H26BrNO. The van der Waals surface area contributed by atoms with Crippen LogP contribution in [0.25, 0.3) is 0 Å². The highest BCUT2D eigenvalue weighted by molar-refractivity contribution is 9.09. The molecule has 1 saturated carbocycles. The molecule has 18 heavy (non-hydrogen) atoms. The SMILES string of the molecule is CC1(C)CCCC1C(=O)N1CCCCCC1CBr. The monoisotopic (exact) mass is 315 g/mol. The molecule has 1 amide bonds. The third kappa shape index (κ3) is 2.92. The predicted octanol–water partition coefficient (Wildman–Crippen LogP) is 3.98. The van der Waals surface area contributed by atoms with Gasteiger partial charge in [0.05, 0.1) is 0 Å². The first-order valence-corrected chi connectivity index (χ1v) is 8.55. The summed E-state index contributed by atoms with van der Waals surface area (Å²) in [5.74, 6) is 0.695. The van der Waals surface area contributed by atoms with Crippen LogP contribution in [-0.2, 0) is 4.79 Å². The van der Waals surface area contributed by atoms with E-state index >= 15 is 0 Å². The summed E-state index contributed by atoms with van der Waals surface area (Å²) in [7, 11) is 0. The van der Waals surface area contributed by atoms with Crippen molar-refractivity contribution < 1.29 is 4.79 Å². The largest absolute Gasteiger partial charge is 0.339 e. The molecule has 0 spiro atoms. The lowest BCUT2D eigenvalue weighted by Gasteiger charge is -2.35. The third-order valence-electron chi connectivity index (χ3n) is 4.89. The molecule has 0 aromatic heterocycles. The maximum atomic E-state index is 12.8. The van der Waals surface area contributed by atoms with Gasteiger partial charge in [0, 0.05) is 23.8 Å². The highest BCUT2D eigenvalue weighted by Gasteiger charge is 2.42. The Labute approximate surface area is 120 Å². The van der Waals surface area contributed by atoms with E-state index in [9.17, 15) is 4.79 Å². The highest BCUT2D eigenvalue weighted by Crippen LogP contribution is 2.44. The number of halogens is 1. The van der Waals surface area contributed by atoms with Crippen LogP contribution >= 0.6 is 15.9 Å². The molecule has 0 aromatic carbocycles. The first-order chi connectivity index (χ1) is 8.56. The van der Waals surface area contributed by atoms with Crippen LogP contribution in [0.1, 0.15) is 58.8 Å². The number of alkyl halides is 1. The average molecular weight is 316 g/mol. The normalized spacial score (nSPS) is 32.3. The second-order valence-electron chi connectivity index (χ2n) is 6.62. The van der Waals surface area contributed by atoms with Crippen molar-refractivity contribution in [1.82, 2.24) is 4.90 Å². The number of carbonyl (C=O) groups excluding carboxylic acids is 1. The molecule has 1 aliphatic carbocycles. The topological polar surface area (TPSA) is 20.3 Å². The van der Waals surface area contributed by atoms with Crippen LogP contribution in [0.5, 0.6) is 0 Å². The quantitative estimate of drug-likeness (QED) is 0.706. The Bertz CT molecular complexity index is 303. The van der Waals surface area contributed by atoms with Gasteiger partial charge in [0.15, 0.2) is 0 Å². The Morgan fingerprint density at radius 1 is 1.22 bits per heavy atom. The van der Waals surface area contributed by atoms with Crippen LogP contribution in [-0.4, -0.2) is 28.7 Å². The number of nitrogens with zero attached hydrogens (tertiary/aromatic N) is 1. The van der Waals surface area contributed by atoms with Crippen LogP contribution in [0.4, 0.5) is 0 Å². The van der Waals surface area contributed by atoms with Crippen LogP contribution < -0.4 is 0 Å². The lowest BCUT2D eigenvalue weighted by atomic mass is 9.81. The number of hydrogen-bond donors (Lipinski definition) is 0. The second-order valence-corrected chi connectivity index (χ2v) is 7.27. The third-order valence-corrected chi connectivity index (χ3v) is 5.64. The highest BCUT2D eigenvalue weighted by atomic mass is 79.9. The van der Waals surface area contributed by atoms with E-state index in [1.807, 2.05) is 0 Å². The van der Waals surface area contributed by atoms with Gasteiger partial charge >= 0.3 is 0 Å². The van der Waals surface area contributed by atoms with Crippen molar-refractivity contribution in [2.24, 2.45) is 11.3 Å². The predicted molar refractivity (Wildman–Crippen MR) is 78.9 cm³/mol. The summed E-state index contributed by atoms with van der Waals surface area (Å²) in [6.45, 7) is 5.51. The van der Waals surface area contributed by atoms with Gasteiger partial charge in [0.2, 0.25) is 5.91 Å². The summed E-state index contributed by atoms with van der Waals surface area (Å²) in [5.41, 5.74) is 0.209. The molecule has 2 fully saturated rings. The van der Waals surface area contributed by atoms with Crippen LogP contribution in [0.3, 0.4) is 0 Å². The fraction of sp³-hybridized carbons (Fsp3) is 0.933. The number of carbonyl (C=O) groups is 1. The van der Waals surface area contributed by atoms with Crippen molar-refractivity contribution in [3.8, 4) is 0 Å². The van der Waals surface area contributed by atoms with Crippen LogP contribution in [0.15, 0.2) is 0 Å². The molecule has 1 heterocycles. The average Bonchev–Trinajstić information content (AvgIpc) is 2.56. The van der Waals surface area contributed by atoms with Gasteiger partial charge in [0.25, 0.3) is 0 Å². The molecule has 0 aromatic rings. The van der Waals surface area contributed by atoms with Crippen molar-refractivity contribution in [1.29, 1.82) is 0 Å². The number of likely N-dealkylation sites (tertiary alicyclic amines) is 1. The van der Waals surface area contributed by atoms with E-state index in [0.29, 0.717) is 11.9 Å². The second kappa shape index (κ2) is 5.94. The fourth-order valence-corrected chi connectivity index (χ4v) is 4.29. The van der Waals surface area contributed by atoms with Gasteiger partial charge in [-0.05, 0) is 31.1 Å². The summed E-state index contributed by atoms with van der Waals surface area (Å²) >= 11 is 3.60. The molecule has 1 aliphatic heterocycles. The van der Waals surface area contributed by atoms with Gasteiger partial charge in [-0.15, -0.1) is 0 Å². The van der Waals surface area contributed by atoms with Gasteiger partial charge in [-0.25, -0.2) is 0 Å². The minimum Gasteiger partial charge on any atom is -0.339 e. The summed E-state index contributed by atoms with van der Waals surface area (Å²) < 4.78 is 0. The van der Waals surface area contributed by atoms with Gasteiger partial charge < -0.3 is 4.90 Å². The minimum absolute atomic E-state index is 0.209. The van der Waals surface area contributed by atoms with Crippen molar-refractivity contribution in [3.05, 3.63) is 0 Å². The molecule has 2 aliphatic rings. The maximum absolute atomic E-state index is 12.8. The Hall–Kier alpha value is -0.0500. The summed E-state index contributed by atoms with van der Waals surface area (Å²) in [6, 6.07) is 0.427. The lowest BCUT2D eigenvalue weighted by Crippen LogP contribution is -2.46. The number of rotatable bonds is 2. The van der Waals surface area contributed by atoms with E-state index in [4.69, 9.17) is 0 Å². The first-order valence-electron chi connectivity index (χ1n) is 7.43. The molecule has 0 radical (unpaired) electrons. The Morgan fingerprint density at radius 3 is 2.61 bits per heavy atom. The van der Waals surface area contributed by atoms with E-state index < -0.39 is 0 Å². The van der Waals surface area contributed by atoms with Crippen molar-refractivity contribution in [3.63, 3.8) is 0 Å². The van der Waals surface area contributed by atoms with E-state index in [1.165, 1.54) is 38.5 Å². The smallest absolute Gasteiger partial charge is 0.226 e. The molecule has 2 nitrogen and oxygen atoms in total. The van der Waals surface area contributed by atoms with Crippen LogP contribution in [0, 0.1) is 11.3 Å². The zero-order chi connectivity index (χ0) is 13.2. The standard InChI is InChI=1S/C15H26BrNO/c1-15(2)9-6-8-13(15)14(18)17-10-5-3-4-7-12(17)11-16/h12-13H,3-11H2,1-2H3. The van der Waals surface area contributed by atoms with Gasteiger partial charge in [-0.3, -0.25) is 4.79 Å². The van der Waals surface area contributed by atoms with Crippen LogP contribution in [0.2, 0.25) is 0 Å². The minimum atomic E-state index is 0.209. The van der Waals surface area contributed by atoms with Gasteiger partial charge in [0.1, 0.15) is 0 Å². The van der Waals surface area contributed by atoms with Gasteiger partial charge in [-0.1, -0.05) is 49.0 Å². The Balaban J connectivity index is 2.10. The number of amides is 1. The van der Waals surface area contributed by atoms with E-state index in [-0.39, 0.29) is 11.3 Å². The number of hydrogen-bond acceptors (Lipinski definition) is 1. The molecule has 104 valence electrons. The first kappa shape index (κ1) is 14.4. The maximum Gasteiger partial charge on any atom is 0.226 e.